The lowest BCUT2D eigenvalue weighted by atomic mass is 9.96. The molecule has 0 aliphatic carbocycles. The van der Waals surface area contributed by atoms with Crippen LogP contribution in [0.25, 0.3) is 0 Å². The molecule has 0 saturated carbocycles. The van der Waals surface area contributed by atoms with Crippen LogP contribution in [0.4, 0.5) is 11.4 Å². The van der Waals surface area contributed by atoms with Gasteiger partial charge in [0.1, 0.15) is 6.10 Å². The molecule has 10 nitrogen and oxygen atoms in total. The molecular weight excluding hydrogens is 508 g/mol. The number of hydrogen-bond acceptors (Lipinski definition) is 10. The Morgan fingerprint density at radius 2 is 1.87 bits per heavy atom. The smallest absolute Gasteiger partial charge is 0.316 e. The highest BCUT2D eigenvalue weighted by Crippen LogP contribution is 2.34. The van der Waals surface area contributed by atoms with Crippen LogP contribution in [-0.2, 0) is 9.47 Å². The van der Waals surface area contributed by atoms with Gasteiger partial charge in [-0.05, 0) is 6.42 Å². The van der Waals surface area contributed by atoms with E-state index in [1.54, 1.807) is 32.8 Å². The summed E-state index contributed by atoms with van der Waals surface area (Å²) >= 11 is 6.41. The lowest BCUT2D eigenvalue weighted by molar-refractivity contribution is 0.0271. The van der Waals surface area contributed by atoms with E-state index in [1.165, 1.54) is 0 Å². The molecule has 206 valence electrons. The monoisotopic (exact) mass is 544 g/mol. The van der Waals surface area contributed by atoms with Gasteiger partial charge in [-0.15, -0.1) is 0 Å². The Morgan fingerprint density at radius 1 is 1.08 bits per heavy atom. The number of rotatable bonds is 11. The van der Waals surface area contributed by atoms with Crippen molar-refractivity contribution < 1.29 is 18.9 Å². The first kappa shape index (κ1) is 28.1. The number of methoxy groups -OCH3 is 2. The summed E-state index contributed by atoms with van der Waals surface area (Å²) < 4.78 is 22.7. The maximum absolute atomic E-state index is 9.42. The largest absolute Gasteiger partial charge is 0.481 e. The van der Waals surface area contributed by atoms with Gasteiger partial charge < -0.3 is 28.7 Å². The summed E-state index contributed by atoms with van der Waals surface area (Å²) in [6.45, 7) is 7.87. The van der Waals surface area contributed by atoms with E-state index in [0.717, 1.165) is 37.3 Å². The zero-order chi connectivity index (χ0) is 27.1. The Morgan fingerprint density at radius 3 is 2.55 bits per heavy atom. The molecule has 4 heterocycles. The fourth-order valence-electron chi connectivity index (χ4n) is 5.29. The first-order chi connectivity index (χ1) is 18.4. The highest BCUT2D eigenvalue weighted by molar-refractivity contribution is 6.33. The van der Waals surface area contributed by atoms with Crippen LogP contribution in [0.2, 0.25) is 5.02 Å². The lowest BCUT2D eigenvalue weighted by Crippen LogP contribution is -2.44. The average molecular weight is 545 g/mol. The molecule has 2 aromatic heterocycles. The van der Waals surface area contributed by atoms with Crippen LogP contribution in [-0.4, -0.2) is 80.3 Å². The molecule has 2 saturated heterocycles. The Balaban J connectivity index is 1.36. The zero-order valence-electron chi connectivity index (χ0n) is 22.5. The van der Waals surface area contributed by atoms with Crippen LogP contribution in [0.1, 0.15) is 33.1 Å². The van der Waals surface area contributed by atoms with Crippen molar-refractivity contribution in [2.45, 2.75) is 51.4 Å². The fourth-order valence-corrected chi connectivity index (χ4v) is 5.51. The normalized spacial score (nSPS) is 25.3. The Kier molecular flexibility index (Phi) is 9.83. The molecule has 2 aliphatic heterocycles. The van der Waals surface area contributed by atoms with Crippen molar-refractivity contribution >= 4 is 23.0 Å². The van der Waals surface area contributed by atoms with Gasteiger partial charge in [0.15, 0.2) is 0 Å². The molecule has 2 fully saturated rings. The molecule has 5 atom stereocenters. The minimum Gasteiger partial charge on any atom is -0.481 e. The van der Waals surface area contributed by atoms with Crippen LogP contribution in [0.5, 0.6) is 11.9 Å². The van der Waals surface area contributed by atoms with E-state index in [9.17, 15) is 5.26 Å². The second kappa shape index (κ2) is 13.3. The standard InChI is InChI=1S/C27H37ClN6O4/c1-18-16-33(23-12-26(36-4)30-15-21(23)28)9-7-24(18)38-27-31-13-20(14-32-27)34-17-25(37-11-5-10-35-3)19(2)22(34)6-8-29/h12-15,18-19,22,24-25H,5-7,9-11,16-17H2,1-4H3/t18-,19-,22-,24+,25-/m0/s1. The van der Waals surface area contributed by atoms with Crippen LogP contribution in [0.15, 0.2) is 24.7 Å². The van der Waals surface area contributed by atoms with Gasteiger partial charge in [0.2, 0.25) is 5.88 Å². The lowest BCUT2D eigenvalue weighted by Gasteiger charge is -2.38. The third kappa shape index (κ3) is 6.57. The molecule has 0 aromatic carbocycles. The quantitative estimate of drug-likeness (QED) is 0.385. The summed E-state index contributed by atoms with van der Waals surface area (Å²) in [7, 11) is 3.29. The second-order valence-electron chi connectivity index (χ2n) is 9.97. The molecule has 38 heavy (non-hydrogen) atoms. The molecule has 0 amide bonds. The van der Waals surface area contributed by atoms with Crippen LogP contribution >= 0.6 is 11.6 Å². The Hall–Kier alpha value is -2.87. The van der Waals surface area contributed by atoms with E-state index >= 15 is 0 Å². The molecule has 0 radical (unpaired) electrons. The minimum absolute atomic E-state index is 0.0114. The first-order valence-corrected chi connectivity index (χ1v) is 13.5. The number of hydrogen-bond donors (Lipinski definition) is 0. The van der Waals surface area contributed by atoms with Crippen molar-refractivity contribution in [2.24, 2.45) is 11.8 Å². The van der Waals surface area contributed by atoms with Gasteiger partial charge in [-0.1, -0.05) is 25.4 Å². The molecular formula is C27H37ClN6O4. The highest BCUT2D eigenvalue weighted by Gasteiger charge is 2.40. The van der Waals surface area contributed by atoms with Crippen LogP contribution in [0, 0.1) is 23.2 Å². The zero-order valence-corrected chi connectivity index (χ0v) is 23.3. The summed E-state index contributed by atoms with van der Waals surface area (Å²) in [5.74, 6) is 0.989. The van der Waals surface area contributed by atoms with Gasteiger partial charge in [-0.25, -0.2) is 15.0 Å². The number of anilines is 2. The van der Waals surface area contributed by atoms with Gasteiger partial charge in [-0.3, -0.25) is 0 Å². The third-order valence-corrected chi connectivity index (χ3v) is 7.78. The van der Waals surface area contributed by atoms with E-state index in [-0.39, 0.29) is 30.1 Å². The summed E-state index contributed by atoms with van der Waals surface area (Å²) in [4.78, 5) is 17.6. The van der Waals surface area contributed by atoms with E-state index in [1.807, 2.05) is 6.07 Å². The van der Waals surface area contributed by atoms with Crippen molar-refractivity contribution in [3.8, 4) is 18.0 Å². The molecule has 0 spiro atoms. The van der Waals surface area contributed by atoms with E-state index in [2.05, 4.69) is 44.7 Å². The maximum Gasteiger partial charge on any atom is 0.316 e. The molecule has 0 unspecified atom stereocenters. The van der Waals surface area contributed by atoms with Crippen molar-refractivity contribution in [2.75, 3.05) is 56.9 Å². The van der Waals surface area contributed by atoms with Crippen molar-refractivity contribution in [3.05, 3.63) is 29.7 Å². The van der Waals surface area contributed by atoms with Crippen molar-refractivity contribution in [1.29, 1.82) is 5.26 Å². The van der Waals surface area contributed by atoms with E-state index in [0.29, 0.717) is 43.1 Å². The predicted molar refractivity (Wildman–Crippen MR) is 145 cm³/mol. The molecule has 2 aromatic rings. The van der Waals surface area contributed by atoms with Crippen LogP contribution in [0.3, 0.4) is 0 Å². The average Bonchev–Trinajstić information content (AvgIpc) is 3.23. The topological polar surface area (TPSA) is 106 Å². The predicted octanol–water partition coefficient (Wildman–Crippen LogP) is 3.99. The van der Waals surface area contributed by atoms with Crippen LogP contribution < -0.4 is 19.3 Å². The SMILES string of the molecule is COCCCO[C@H]1CN(c2cnc(O[C@@H]3CCN(c4cc(OC)ncc4Cl)C[C@@H]3C)nc2)[C@@H](CC#N)[C@@H]1C. The van der Waals surface area contributed by atoms with Crippen molar-refractivity contribution in [3.63, 3.8) is 0 Å². The number of aromatic nitrogens is 3. The number of nitrogens with zero attached hydrogens (tertiary/aromatic N) is 6. The van der Waals surface area contributed by atoms with Gasteiger partial charge in [0.25, 0.3) is 0 Å². The number of pyridine rings is 1. The molecule has 11 heteroatoms. The van der Waals surface area contributed by atoms with Gasteiger partial charge in [0, 0.05) is 70.3 Å². The van der Waals surface area contributed by atoms with Gasteiger partial charge in [0.05, 0.1) is 60.7 Å². The molecule has 4 rings (SSSR count). The Labute approximate surface area is 229 Å². The maximum atomic E-state index is 9.42. The summed E-state index contributed by atoms with van der Waals surface area (Å²) in [5, 5.41) is 10.0. The molecule has 0 bridgehead atoms. The highest BCUT2D eigenvalue weighted by atomic mass is 35.5. The fraction of sp³-hybridized carbons (Fsp3) is 0.630. The molecule has 0 N–H and O–H groups in total. The summed E-state index contributed by atoms with van der Waals surface area (Å²) in [6.07, 6.45) is 7.30. The number of piperidine rings is 1. The number of ether oxygens (including phenoxy) is 4. The van der Waals surface area contributed by atoms with E-state index < -0.39 is 0 Å². The second-order valence-corrected chi connectivity index (χ2v) is 10.4. The summed E-state index contributed by atoms with van der Waals surface area (Å²) in [6, 6.07) is 4.60. The third-order valence-electron chi connectivity index (χ3n) is 7.48. The number of halogens is 1. The van der Waals surface area contributed by atoms with E-state index in [4.69, 9.17) is 30.5 Å². The Bertz CT molecular complexity index is 1080. The van der Waals surface area contributed by atoms with Gasteiger partial charge in [-0.2, -0.15) is 5.26 Å². The van der Waals surface area contributed by atoms with Gasteiger partial charge >= 0.3 is 6.01 Å². The first-order valence-electron chi connectivity index (χ1n) is 13.1. The summed E-state index contributed by atoms with van der Waals surface area (Å²) in [5.41, 5.74) is 1.79. The molecule has 2 aliphatic rings. The number of nitriles is 1. The minimum atomic E-state index is -0.0114. The van der Waals surface area contributed by atoms with Crippen molar-refractivity contribution in [1.82, 2.24) is 15.0 Å².